The zero-order valence-corrected chi connectivity index (χ0v) is 12.0. The fourth-order valence-corrected chi connectivity index (χ4v) is 2.33. The molecule has 1 atom stereocenters. The van der Waals surface area contributed by atoms with Gasteiger partial charge in [-0.25, -0.2) is 4.98 Å². The van der Waals surface area contributed by atoms with Crippen LogP contribution in [0.4, 0.5) is 0 Å². The number of benzene rings is 1. The number of nitrogens with one attached hydrogen (secondary N) is 1. The topological polar surface area (TPSA) is 81.1 Å². The van der Waals surface area contributed by atoms with E-state index in [4.69, 9.17) is 4.74 Å². The van der Waals surface area contributed by atoms with Crippen molar-refractivity contribution >= 4 is 5.57 Å². The number of methoxy groups -OCH3 is 1. The Morgan fingerprint density at radius 2 is 2.14 bits per heavy atom. The van der Waals surface area contributed by atoms with Crippen molar-refractivity contribution in [2.24, 2.45) is 0 Å². The van der Waals surface area contributed by atoms with E-state index in [1.54, 1.807) is 25.5 Å². The standard InChI is InChI=1S/C16H15N3O3/c1-22-14-8-4-12(5-9-14)16-17-10-15(18-16)11-2-6-13(7-3-11)19(20)21/h2-6,8-10,13H,7H2,1H3,(H,17,18). The van der Waals surface area contributed by atoms with Crippen molar-refractivity contribution in [1.82, 2.24) is 9.97 Å². The smallest absolute Gasteiger partial charge is 0.235 e. The van der Waals surface area contributed by atoms with Crippen LogP contribution in [0.1, 0.15) is 12.1 Å². The molecule has 0 aliphatic heterocycles. The predicted molar refractivity (Wildman–Crippen MR) is 83.1 cm³/mol. The van der Waals surface area contributed by atoms with Gasteiger partial charge in [0.15, 0.2) is 0 Å². The molecule has 1 aromatic carbocycles. The summed E-state index contributed by atoms with van der Waals surface area (Å²) in [6.07, 6.45) is 7.38. The Morgan fingerprint density at radius 1 is 1.36 bits per heavy atom. The van der Waals surface area contributed by atoms with Gasteiger partial charge in [0.1, 0.15) is 11.6 Å². The quantitative estimate of drug-likeness (QED) is 0.694. The second kappa shape index (κ2) is 5.85. The molecule has 6 heteroatoms. The summed E-state index contributed by atoms with van der Waals surface area (Å²) in [7, 11) is 1.63. The third-order valence-corrected chi connectivity index (χ3v) is 3.60. The van der Waals surface area contributed by atoms with Gasteiger partial charge in [-0.1, -0.05) is 12.2 Å². The number of ether oxygens (including phenoxy) is 1. The van der Waals surface area contributed by atoms with Crippen LogP contribution in [0.2, 0.25) is 0 Å². The van der Waals surface area contributed by atoms with Gasteiger partial charge < -0.3 is 9.72 Å². The van der Waals surface area contributed by atoms with Gasteiger partial charge in [0.05, 0.1) is 19.0 Å². The average molecular weight is 297 g/mol. The van der Waals surface area contributed by atoms with Gasteiger partial charge in [-0.3, -0.25) is 10.1 Å². The summed E-state index contributed by atoms with van der Waals surface area (Å²) in [4.78, 5) is 18.1. The van der Waals surface area contributed by atoms with Gasteiger partial charge in [-0.2, -0.15) is 0 Å². The number of nitro groups is 1. The Morgan fingerprint density at radius 3 is 2.73 bits per heavy atom. The summed E-state index contributed by atoms with van der Waals surface area (Å²) in [5.41, 5.74) is 2.73. The summed E-state index contributed by atoms with van der Waals surface area (Å²) in [6, 6.07) is 6.97. The molecule has 0 saturated heterocycles. The van der Waals surface area contributed by atoms with Crippen LogP contribution in [-0.4, -0.2) is 28.0 Å². The van der Waals surface area contributed by atoms with Gasteiger partial charge in [-0.15, -0.1) is 0 Å². The lowest BCUT2D eigenvalue weighted by Gasteiger charge is -2.08. The molecule has 0 radical (unpaired) electrons. The van der Waals surface area contributed by atoms with Crippen molar-refractivity contribution in [3.63, 3.8) is 0 Å². The maximum Gasteiger partial charge on any atom is 0.235 e. The number of allylic oxidation sites excluding steroid dienone is 2. The maximum absolute atomic E-state index is 10.7. The van der Waals surface area contributed by atoms with E-state index in [0.717, 1.165) is 28.4 Å². The molecule has 1 aliphatic rings. The molecule has 2 aromatic rings. The Balaban J connectivity index is 1.79. The van der Waals surface area contributed by atoms with E-state index in [1.165, 1.54) is 0 Å². The van der Waals surface area contributed by atoms with E-state index in [1.807, 2.05) is 30.3 Å². The molecule has 0 spiro atoms. The third kappa shape index (κ3) is 2.76. The molecular formula is C16H15N3O3. The summed E-state index contributed by atoms with van der Waals surface area (Å²) in [6.45, 7) is 0. The molecule has 1 aliphatic carbocycles. The van der Waals surface area contributed by atoms with Crippen LogP contribution in [0.15, 0.2) is 48.7 Å². The number of hydrogen-bond acceptors (Lipinski definition) is 4. The highest BCUT2D eigenvalue weighted by atomic mass is 16.6. The van der Waals surface area contributed by atoms with Crippen LogP contribution in [0.25, 0.3) is 17.0 Å². The number of aromatic amines is 1. The molecule has 6 nitrogen and oxygen atoms in total. The van der Waals surface area contributed by atoms with Crippen molar-refractivity contribution in [3.05, 3.63) is 64.5 Å². The normalized spacial score (nSPS) is 17.1. The Bertz CT molecular complexity index is 744. The van der Waals surface area contributed by atoms with Gasteiger partial charge in [0.2, 0.25) is 6.04 Å². The van der Waals surface area contributed by atoms with E-state index >= 15 is 0 Å². The molecular weight excluding hydrogens is 282 g/mol. The fourth-order valence-electron chi connectivity index (χ4n) is 2.33. The minimum atomic E-state index is -0.632. The predicted octanol–water partition coefficient (Wildman–Crippen LogP) is 3.07. The van der Waals surface area contributed by atoms with Crippen LogP contribution < -0.4 is 4.74 Å². The van der Waals surface area contributed by atoms with Crippen molar-refractivity contribution in [3.8, 4) is 17.1 Å². The number of aromatic nitrogens is 2. The second-order valence-electron chi connectivity index (χ2n) is 4.98. The van der Waals surface area contributed by atoms with Crippen molar-refractivity contribution in [2.75, 3.05) is 7.11 Å². The van der Waals surface area contributed by atoms with Gasteiger partial charge in [0.25, 0.3) is 0 Å². The number of imidazole rings is 1. The molecule has 1 heterocycles. The van der Waals surface area contributed by atoms with Gasteiger partial charge >= 0.3 is 0 Å². The van der Waals surface area contributed by atoms with Crippen molar-refractivity contribution in [1.29, 1.82) is 0 Å². The molecule has 1 aromatic heterocycles. The number of nitrogens with zero attached hydrogens (tertiary/aromatic N) is 2. The lowest BCUT2D eigenvalue weighted by atomic mass is 10.0. The highest BCUT2D eigenvalue weighted by Gasteiger charge is 2.19. The lowest BCUT2D eigenvalue weighted by molar-refractivity contribution is -0.508. The largest absolute Gasteiger partial charge is 0.497 e. The Hall–Kier alpha value is -2.89. The first-order valence-corrected chi connectivity index (χ1v) is 6.89. The van der Waals surface area contributed by atoms with Gasteiger partial charge in [-0.05, 0) is 35.9 Å². The second-order valence-corrected chi connectivity index (χ2v) is 4.98. The molecule has 0 bridgehead atoms. The molecule has 22 heavy (non-hydrogen) atoms. The Kier molecular flexibility index (Phi) is 3.74. The number of rotatable bonds is 4. The molecule has 0 fully saturated rings. The molecule has 1 N–H and O–H groups in total. The first-order chi connectivity index (χ1) is 10.7. The number of H-pyrrole nitrogens is 1. The molecule has 3 rings (SSSR count). The average Bonchev–Trinajstić information content (AvgIpc) is 3.05. The highest BCUT2D eigenvalue weighted by molar-refractivity contribution is 5.74. The van der Waals surface area contributed by atoms with Crippen molar-refractivity contribution in [2.45, 2.75) is 12.5 Å². The number of hydrogen-bond donors (Lipinski definition) is 1. The van der Waals surface area contributed by atoms with Crippen molar-refractivity contribution < 1.29 is 9.66 Å². The van der Waals surface area contributed by atoms with E-state index in [0.29, 0.717) is 6.42 Å². The van der Waals surface area contributed by atoms with Crippen LogP contribution in [0, 0.1) is 10.1 Å². The minimum absolute atomic E-state index is 0.278. The first kappa shape index (κ1) is 14.1. The Labute approximate surface area is 127 Å². The van der Waals surface area contributed by atoms with E-state index in [9.17, 15) is 10.1 Å². The molecule has 0 amide bonds. The third-order valence-electron chi connectivity index (χ3n) is 3.60. The van der Waals surface area contributed by atoms with Crippen LogP contribution >= 0.6 is 0 Å². The molecule has 1 unspecified atom stereocenters. The molecule has 112 valence electrons. The van der Waals surface area contributed by atoms with Gasteiger partial charge in [0, 0.05) is 16.9 Å². The van der Waals surface area contributed by atoms with E-state index in [2.05, 4.69) is 9.97 Å². The SMILES string of the molecule is COc1ccc(-c2ncc(C3=CCC([N+](=O)[O-])C=C3)[nH]2)cc1. The van der Waals surface area contributed by atoms with E-state index < -0.39 is 6.04 Å². The van der Waals surface area contributed by atoms with Crippen LogP contribution in [-0.2, 0) is 0 Å². The van der Waals surface area contributed by atoms with Crippen LogP contribution in [0.3, 0.4) is 0 Å². The van der Waals surface area contributed by atoms with Crippen LogP contribution in [0.5, 0.6) is 5.75 Å². The zero-order valence-electron chi connectivity index (χ0n) is 12.0. The highest BCUT2D eigenvalue weighted by Crippen LogP contribution is 2.25. The fraction of sp³-hybridized carbons (Fsp3) is 0.188. The zero-order chi connectivity index (χ0) is 15.5. The minimum Gasteiger partial charge on any atom is -0.497 e. The summed E-state index contributed by atoms with van der Waals surface area (Å²) in [5.74, 6) is 1.54. The summed E-state index contributed by atoms with van der Waals surface area (Å²) in [5, 5.41) is 10.7. The lowest BCUT2D eigenvalue weighted by Crippen LogP contribution is -2.17. The monoisotopic (exact) mass is 297 g/mol. The maximum atomic E-state index is 10.7. The summed E-state index contributed by atoms with van der Waals surface area (Å²) >= 11 is 0. The molecule has 0 saturated carbocycles. The van der Waals surface area contributed by atoms with E-state index in [-0.39, 0.29) is 4.92 Å². The first-order valence-electron chi connectivity index (χ1n) is 6.89. The summed E-state index contributed by atoms with van der Waals surface area (Å²) < 4.78 is 5.13.